The van der Waals surface area contributed by atoms with E-state index in [0.29, 0.717) is 11.8 Å². The van der Waals surface area contributed by atoms with E-state index in [4.69, 9.17) is 23.2 Å². The third-order valence-corrected chi connectivity index (χ3v) is 10.5. The lowest BCUT2D eigenvalue weighted by atomic mass is 9.99. The lowest BCUT2D eigenvalue weighted by molar-refractivity contribution is 0.223. The van der Waals surface area contributed by atoms with Gasteiger partial charge >= 0.3 is 0 Å². The van der Waals surface area contributed by atoms with E-state index in [1.54, 1.807) is 0 Å². The minimum atomic E-state index is -0.350. The molecule has 0 aromatic rings. The van der Waals surface area contributed by atoms with Gasteiger partial charge in [0.1, 0.15) is 0 Å². The monoisotopic (exact) mass is 446 g/mol. The molecular formula is C18H32Cl2O2S3. The number of hydrogen-bond acceptors (Lipinski definition) is 5. The molecule has 0 aliphatic heterocycles. The zero-order valence-electron chi connectivity index (χ0n) is 14.8. The third kappa shape index (κ3) is 9.06. The molecule has 2 nitrogen and oxygen atoms in total. The van der Waals surface area contributed by atoms with E-state index in [2.05, 4.69) is 11.8 Å². The second-order valence-electron chi connectivity index (χ2n) is 7.22. The highest BCUT2D eigenvalue weighted by atomic mass is 35.5. The molecule has 148 valence electrons. The first-order chi connectivity index (χ1) is 12.1. The molecule has 2 aliphatic carbocycles. The van der Waals surface area contributed by atoms with Gasteiger partial charge in [0, 0.05) is 44.3 Å². The molecule has 2 saturated carbocycles. The van der Waals surface area contributed by atoms with E-state index in [-0.39, 0.29) is 12.2 Å². The predicted octanol–water partition coefficient (Wildman–Crippen LogP) is 5.01. The summed E-state index contributed by atoms with van der Waals surface area (Å²) in [5, 5.41) is 22.3. The van der Waals surface area contributed by atoms with Crippen LogP contribution in [-0.4, -0.2) is 66.7 Å². The number of aliphatic hydroxyl groups excluding tert-OH is 2. The Balaban J connectivity index is 1.55. The highest BCUT2D eigenvalue weighted by molar-refractivity contribution is 8.01. The van der Waals surface area contributed by atoms with Crippen LogP contribution >= 0.6 is 58.5 Å². The Bertz CT molecular complexity index is 317. The number of halogens is 2. The smallest absolute Gasteiger partial charge is 0.0765 e. The van der Waals surface area contributed by atoms with E-state index < -0.39 is 0 Å². The van der Waals surface area contributed by atoms with Gasteiger partial charge in [-0.1, -0.05) is 0 Å². The standard InChI is InChI=1S/C18H32Cl2O2S3/c19-9-13(21)11-23-15-1-5-17(6-2-15)25-18-7-3-16(4-8-18)24-12-14(22)10-20/h13-18,21-22H,1-12H2. The summed E-state index contributed by atoms with van der Waals surface area (Å²) in [5.41, 5.74) is 0. The van der Waals surface area contributed by atoms with Crippen LogP contribution in [-0.2, 0) is 0 Å². The first kappa shape index (κ1) is 22.8. The maximum atomic E-state index is 9.58. The number of aliphatic hydroxyl groups is 2. The van der Waals surface area contributed by atoms with E-state index in [1.165, 1.54) is 51.4 Å². The Labute approximate surface area is 175 Å². The summed E-state index contributed by atoms with van der Waals surface area (Å²) in [5.74, 6) is 2.27. The van der Waals surface area contributed by atoms with E-state index in [1.807, 2.05) is 23.5 Å². The summed E-state index contributed by atoms with van der Waals surface area (Å²) < 4.78 is 0. The molecule has 0 aromatic carbocycles. The molecule has 0 heterocycles. The van der Waals surface area contributed by atoms with Crippen molar-refractivity contribution in [2.24, 2.45) is 0 Å². The van der Waals surface area contributed by atoms with Crippen molar-refractivity contribution in [2.45, 2.75) is 84.6 Å². The van der Waals surface area contributed by atoms with Crippen LogP contribution in [0.1, 0.15) is 51.4 Å². The van der Waals surface area contributed by atoms with Gasteiger partial charge in [-0.3, -0.25) is 0 Å². The Morgan fingerprint density at radius 3 is 1.28 bits per heavy atom. The van der Waals surface area contributed by atoms with Crippen LogP contribution in [0.3, 0.4) is 0 Å². The zero-order chi connectivity index (χ0) is 18.1. The minimum absolute atomic E-state index is 0.350. The first-order valence-electron chi connectivity index (χ1n) is 9.47. The summed E-state index contributed by atoms with van der Waals surface area (Å²) in [6.07, 6.45) is 9.78. The molecule has 0 radical (unpaired) electrons. The molecule has 2 fully saturated rings. The number of hydrogen-bond donors (Lipinski definition) is 2. The molecule has 0 saturated heterocycles. The van der Waals surface area contributed by atoms with Gasteiger partial charge in [0.15, 0.2) is 0 Å². The molecule has 0 spiro atoms. The van der Waals surface area contributed by atoms with E-state index in [0.717, 1.165) is 32.5 Å². The summed E-state index contributed by atoms with van der Waals surface area (Å²) in [7, 11) is 0. The van der Waals surface area contributed by atoms with Crippen molar-refractivity contribution in [1.29, 1.82) is 0 Å². The molecular weight excluding hydrogens is 415 g/mol. The molecule has 0 amide bonds. The van der Waals surface area contributed by atoms with Gasteiger partial charge in [-0.25, -0.2) is 0 Å². The summed E-state index contributed by atoms with van der Waals surface area (Å²) in [6, 6.07) is 0. The predicted molar refractivity (Wildman–Crippen MR) is 118 cm³/mol. The maximum absolute atomic E-state index is 9.58. The molecule has 2 N–H and O–H groups in total. The van der Waals surface area contributed by atoms with Crippen LogP contribution in [0, 0.1) is 0 Å². The van der Waals surface area contributed by atoms with E-state index in [9.17, 15) is 10.2 Å². The molecule has 2 aliphatic rings. The van der Waals surface area contributed by atoms with Crippen molar-refractivity contribution >= 4 is 58.5 Å². The maximum Gasteiger partial charge on any atom is 0.0765 e. The first-order valence-corrected chi connectivity index (χ1v) is 13.6. The number of thioether (sulfide) groups is 3. The van der Waals surface area contributed by atoms with Crippen LogP contribution in [0.15, 0.2) is 0 Å². The fourth-order valence-electron chi connectivity index (χ4n) is 3.53. The van der Waals surface area contributed by atoms with Gasteiger partial charge in [0.2, 0.25) is 0 Å². The largest absolute Gasteiger partial charge is 0.391 e. The average molecular weight is 448 g/mol. The third-order valence-electron chi connectivity index (χ3n) is 5.03. The highest BCUT2D eigenvalue weighted by Gasteiger charge is 2.28. The topological polar surface area (TPSA) is 40.5 Å². The average Bonchev–Trinajstić information content (AvgIpc) is 2.66. The van der Waals surface area contributed by atoms with Gasteiger partial charge in [0.05, 0.1) is 12.2 Å². The van der Waals surface area contributed by atoms with Crippen molar-refractivity contribution in [3.63, 3.8) is 0 Å². The fourth-order valence-corrected chi connectivity index (χ4v) is 8.07. The van der Waals surface area contributed by atoms with Gasteiger partial charge in [-0.05, 0) is 51.4 Å². The van der Waals surface area contributed by atoms with Crippen LogP contribution in [0.5, 0.6) is 0 Å². The van der Waals surface area contributed by atoms with Crippen LogP contribution in [0.2, 0.25) is 0 Å². The van der Waals surface area contributed by atoms with Crippen molar-refractivity contribution < 1.29 is 10.2 Å². The Hall–Kier alpha value is 1.55. The van der Waals surface area contributed by atoms with E-state index >= 15 is 0 Å². The normalized spacial score (nSPS) is 33.1. The highest BCUT2D eigenvalue weighted by Crippen LogP contribution is 2.41. The molecule has 7 heteroatoms. The fraction of sp³-hybridized carbons (Fsp3) is 1.00. The lowest BCUT2D eigenvalue weighted by Gasteiger charge is -2.33. The summed E-state index contributed by atoms with van der Waals surface area (Å²) in [4.78, 5) is 0. The SMILES string of the molecule is OC(CCl)CSC1CCC(SC2CCC(SCC(O)CCl)CC2)CC1. The summed E-state index contributed by atoms with van der Waals surface area (Å²) in [6.45, 7) is 0. The quantitative estimate of drug-likeness (QED) is 0.461. The molecule has 25 heavy (non-hydrogen) atoms. The minimum Gasteiger partial charge on any atom is -0.391 e. The number of rotatable bonds is 10. The Kier molecular flexibility index (Phi) is 11.8. The second-order valence-corrected chi connectivity index (χ2v) is 12.1. The molecule has 2 rings (SSSR count). The number of alkyl halides is 2. The molecule has 0 bridgehead atoms. The molecule has 0 aromatic heterocycles. The van der Waals surface area contributed by atoms with Crippen molar-refractivity contribution in [1.82, 2.24) is 0 Å². The zero-order valence-corrected chi connectivity index (χ0v) is 18.8. The van der Waals surface area contributed by atoms with Crippen molar-refractivity contribution in [3.8, 4) is 0 Å². The van der Waals surface area contributed by atoms with Gasteiger partial charge in [0.25, 0.3) is 0 Å². The van der Waals surface area contributed by atoms with Crippen LogP contribution < -0.4 is 0 Å². The second kappa shape index (κ2) is 12.9. The summed E-state index contributed by atoms with van der Waals surface area (Å²) >= 11 is 17.4. The lowest BCUT2D eigenvalue weighted by Crippen LogP contribution is -2.25. The Morgan fingerprint density at radius 1 is 0.640 bits per heavy atom. The van der Waals surface area contributed by atoms with Gasteiger partial charge in [-0.15, -0.1) is 23.2 Å². The molecule has 2 atom stereocenters. The Morgan fingerprint density at radius 2 is 0.960 bits per heavy atom. The van der Waals surface area contributed by atoms with Crippen molar-refractivity contribution in [3.05, 3.63) is 0 Å². The van der Waals surface area contributed by atoms with Crippen LogP contribution in [0.4, 0.5) is 0 Å². The van der Waals surface area contributed by atoms with Crippen molar-refractivity contribution in [2.75, 3.05) is 23.3 Å². The van der Waals surface area contributed by atoms with Gasteiger partial charge < -0.3 is 10.2 Å². The molecule has 2 unspecified atom stereocenters. The van der Waals surface area contributed by atoms with Gasteiger partial charge in [-0.2, -0.15) is 35.3 Å². The van der Waals surface area contributed by atoms with Crippen LogP contribution in [0.25, 0.3) is 0 Å².